The average Bonchev–Trinajstić information content (AvgIpc) is 2.41. The molecular formula is C15H12HgNO+. The summed E-state index contributed by atoms with van der Waals surface area (Å²) in [6.45, 7) is 0. The molecule has 0 aliphatic heterocycles. The van der Waals surface area contributed by atoms with Gasteiger partial charge in [-0.2, -0.15) is 0 Å². The van der Waals surface area contributed by atoms with Crippen molar-refractivity contribution in [1.29, 1.82) is 0 Å². The van der Waals surface area contributed by atoms with E-state index in [-0.39, 0.29) is 5.75 Å². The molecule has 0 radical (unpaired) electrons. The fourth-order valence-corrected chi connectivity index (χ4v) is 2.62. The Bertz CT molecular complexity index is 620. The van der Waals surface area contributed by atoms with Crippen LogP contribution in [-0.4, -0.2) is 10.1 Å². The molecule has 0 atom stereocenters. The number of phenolic OH excluding ortho intramolecular Hbond substituents is 1. The summed E-state index contributed by atoms with van der Waals surface area (Å²) in [7, 11) is 0. The van der Waals surface area contributed by atoms with Crippen LogP contribution in [0.25, 0.3) is 10.9 Å². The van der Waals surface area contributed by atoms with Crippen molar-refractivity contribution in [1.82, 2.24) is 4.98 Å². The van der Waals surface area contributed by atoms with Crippen molar-refractivity contribution in [3.63, 3.8) is 0 Å². The monoisotopic (exact) mass is 424 g/mol. The Morgan fingerprint density at radius 2 is 1.56 bits per heavy atom. The van der Waals surface area contributed by atoms with Crippen molar-refractivity contribution in [3.05, 3.63) is 66.9 Å². The number of phenols is 1. The molecule has 3 rings (SSSR count). The van der Waals surface area contributed by atoms with Crippen molar-refractivity contribution in [2.24, 2.45) is 0 Å². The molecule has 0 amide bonds. The first-order chi connectivity index (χ1) is 8.77. The Hall–Kier alpha value is -1.41. The van der Waals surface area contributed by atoms with Gasteiger partial charge in [-0.15, -0.1) is 0 Å². The van der Waals surface area contributed by atoms with E-state index in [2.05, 4.69) is 35.3 Å². The van der Waals surface area contributed by atoms with Crippen LogP contribution >= 0.6 is 0 Å². The first kappa shape index (κ1) is 13.0. The number of fused-ring (bicyclic) bond motifs is 1. The Morgan fingerprint density at radius 3 is 2.17 bits per heavy atom. The van der Waals surface area contributed by atoms with Gasteiger partial charge in [-0.25, -0.2) is 0 Å². The molecular weight excluding hydrogens is 411 g/mol. The summed E-state index contributed by atoms with van der Waals surface area (Å²) in [5, 5.41) is 10.3. The number of nitrogens with zero attached hydrogens (tertiary/aromatic N) is 1. The van der Waals surface area contributed by atoms with E-state index >= 15 is 0 Å². The summed E-state index contributed by atoms with van der Waals surface area (Å²) in [6.07, 6.45) is 1.67. The van der Waals surface area contributed by atoms with Gasteiger partial charge in [0.05, 0.1) is 0 Å². The van der Waals surface area contributed by atoms with Crippen LogP contribution in [0.3, 0.4) is 0 Å². The van der Waals surface area contributed by atoms with Crippen LogP contribution in [0.2, 0.25) is 0 Å². The van der Waals surface area contributed by atoms with E-state index in [1.807, 2.05) is 18.2 Å². The van der Waals surface area contributed by atoms with E-state index in [4.69, 9.17) is 0 Å². The van der Waals surface area contributed by atoms with E-state index in [1.54, 1.807) is 18.3 Å². The topological polar surface area (TPSA) is 33.1 Å². The molecule has 1 N–H and O–H groups in total. The van der Waals surface area contributed by atoms with Crippen LogP contribution in [0.5, 0.6) is 5.75 Å². The number of hydrogen-bond donors (Lipinski definition) is 1. The Kier molecular flexibility index (Phi) is 4.70. The van der Waals surface area contributed by atoms with Gasteiger partial charge >= 0.3 is 59.5 Å². The molecule has 18 heavy (non-hydrogen) atoms. The van der Waals surface area contributed by atoms with Crippen LogP contribution in [-0.2, 0) is 26.1 Å². The van der Waals surface area contributed by atoms with Crippen LogP contribution in [0.4, 0.5) is 0 Å². The summed E-state index contributed by atoms with van der Waals surface area (Å²) in [4.78, 5) is 4.03. The van der Waals surface area contributed by atoms with Gasteiger partial charge in [0.2, 0.25) is 0 Å². The van der Waals surface area contributed by atoms with E-state index < -0.39 is 0 Å². The van der Waals surface area contributed by atoms with Gasteiger partial charge in [0.15, 0.2) is 0 Å². The van der Waals surface area contributed by atoms with Crippen molar-refractivity contribution < 1.29 is 31.2 Å². The Labute approximate surface area is 122 Å². The second kappa shape index (κ2) is 6.50. The number of benzene rings is 2. The number of pyridine rings is 1. The minimum atomic E-state index is 0.239. The second-order valence-corrected chi connectivity index (χ2v) is 7.01. The summed E-state index contributed by atoms with van der Waals surface area (Å²) >= 11 is 0.810. The Balaban J connectivity index is 0.000000149. The van der Waals surface area contributed by atoms with Crippen molar-refractivity contribution >= 4 is 14.0 Å². The first-order valence-corrected chi connectivity index (χ1v) is 8.42. The van der Waals surface area contributed by atoms with Crippen molar-refractivity contribution in [2.45, 2.75) is 0 Å². The number of aromatic nitrogens is 1. The molecule has 0 fully saturated rings. The van der Waals surface area contributed by atoms with Crippen LogP contribution in [0, 0.1) is 0 Å². The van der Waals surface area contributed by atoms with Crippen LogP contribution in [0.15, 0.2) is 66.9 Å². The van der Waals surface area contributed by atoms with Gasteiger partial charge in [0.1, 0.15) is 11.3 Å². The zero-order chi connectivity index (χ0) is 12.8. The third-order valence-electron chi connectivity index (χ3n) is 2.45. The van der Waals surface area contributed by atoms with Gasteiger partial charge in [-0.3, -0.25) is 4.98 Å². The molecule has 2 aromatic carbocycles. The van der Waals surface area contributed by atoms with Gasteiger partial charge in [-0.1, -0.05) is 18.2 Å². The summed E-state index contributed by atoms with van der Waals surface area (Å²) in [6, 6.07) is 19.7. The molecule has 2 nitrogen and oxygen atoms in total. The third-order valence-corrected chi connectivity index (χ3v) is 4.29. The third kappa shape index (κ3) is 3.54. The first-order valence-electron chi connectivity index (χ1n) is 5.67. The summed E-state index contributed by atoms with van der Waals surface area (Å²) < 4.78 is 1.52. The number of para-hydroxylation sites is 1. The molecule has 3 heteroatoms. The van der Waals surface area contributed by atoms with Gasteiger partial charge in [0.25, 0.3) is 0 Å². The predicted octanol–water partition coefficient (Wildman–Crippen LogP) is 2.80. The fourth-order valence-electron chi connectivity index (χ4n) is 1.57. The predicted molar refractivity (Wildman–Crippen MR) is 69.5 cm³/mol. The second-order valence-electron chi connectivity index (χ2n) is 3.84. The molecule has 3 aromatic rings. The Morgan fingerprint density at radius 1 is 0.833 bits per heavy atom. The van der Waals surface area contributed by atoms with Crippen LogP contribution in [0.1, 0.15) is 0 Å². The molecule has 84 valence electrons. The maximum atomic E-state index is 9.31. The molecule has 0 bridgehead atoms. The van der Waals surface area contributed by atoms with Gasteiger partial charge in [-0.05, 0) is 12.1 Å². The summed E-state index contributed by atoms with van der Waals surface area (Å²) in [5.41, 5.74) is 0.662. The average molecular weight is 423 g/mol. The number of aromatic hydroxyl groups is 1. The zero-order valence-corrected chi connectivity index (χ0v) is 15.5. The number of hydrogen-bond acceptors (Lipinski definition) is 2. The molecule has 0 saturated heterocycles. The molecule has 0 saturated carbocycles. The summed E-state index contributed by atoms with van der Waals surface area (Å²) in [5.74, 6) is 0.239. The normalized spacial score (nSPS) is 9.67. The standard InChI is InChI=1S/C9H7NO.C6H5.Hg/c11-8-5-1-3-7-4-2-6-10-9(7)8;1-2-4-6-5-3-1;/h1-6,11H;1-5H;/q;;+1. The van der Waals surface area contributed by atoms with E-state index in [0.29, 0.717) is 5.52 Å². The van der Waals surface area contributed by atoms with Gasteiger partial charge < -0.3 is 5.11 Å². The molecule has 0 aliphatic carbocycles. The molecule has 1 aromatic heterocycles. The van der Waals surface area contributed by atoms with Gasteiger partial charge in [0, 0.05) is 11.6 Å². The fraction of sp³-hybridized carbons (Fsp3) is 0. The molecule has 0 spiro atoms. The van der Waals surface area contributed by atoms with E-state index in [1.165, 1.54) is 3.07 Å². The van der Waals surface area contributed by atoms with Crippen LogP contribution < -0.4 is 3.07 Å². The number of rotatable bonds is 0. The SMILES string of the molecule is Oc1cccc2cccnc12.[Hg+][c]1ccccc1. The van der Waals surface area contributed by atoms with E-state index in [9.17, 15) is 5.11 Å². The minimum absolute atomic E-state index is 0.239. The maximum absolute atomic E-state index is 9.31. The van der Waals surface area contributed by atoms with Crippen molar-refractivity contribution in [3.8, 4) is 5.75 Å². The zero-order valence-electron chi connectivity index (χ0n) is 9.95. The van der Waals surface area contributed by atoms with E-state index in [0.717, 1.165) is 31.5 Å². The molecule has 1 heterocycles. The molecule has 0 aliphatic rings. The molecule has 0 unspecified atom stereocenters. The van der Waals surface area contributed by atoms with Crippen molar-refractivity contribution in [2.75, 3.05) is 0 Å². The quantitative estimate of drug-likeness (QED) is 0.565.